The van der Waals surface area contributed by atoms with Gasteiger partial charge in [-0.3, -0.25) is 0 Å². The summed E-state index contributed by atoms with van der Waals surface area (Å²) in [4.78, 5) is 0. The summed E-state index contributed by atoms with van der Waals surface area (Å²) in [6.07, 6.45) is 7.29. The molecule has 1 heteroatoms. The molecular formula is C11H18O. The van der Waals surface area contributed by atoms with E-state index in [-0.39, 0.29) is 6.10 Å². The van der Waals surface area contributed by atoms with Crippen molar-refractivity contribution >= 4 is 0 Å². The van der Waals surface area contributed by atoms with Crippen molar-refractivity contribution in [3.8, 4) is 0 Å². The Morgan fingerprint density at radius 2 is 2.08 bits per heavy atom. The van der Waals surface area contributed by atoms with Gasteiger partial charge in [-0.15, -0.1) is 0 Å². The Hall–Kier alpha value is -0.300. The van der Waals surface area contributed by atoms with Crippen LogP contribution in [0.4, 0.5) is 0 Å². The average Bonchev–Trinajstić information content (AvgIpc) is 2.57. The minimum absolute atomic E-state index is 0.0111. The molecule has 2 fully saturated rings. The number of rotatable bonds is 3. The first-order valence-corrected chi connectivity index (χ1v) is 5.13. The zero-order valence-corrected chi connectivity index (χ0v) is 7.63. The van der Waals surface area contributed by atoms with Crippen molar-refractivity contribution in [2.75, 3.05) is 0 Å². The van der Waals surface area contributed by atoms with Crippen LogP contribution in [0.15, 0.2) is 12.2 Å². The van der Waals surface area contributed by atoms with Crippen LogP contribution < -0.4 is 0 Å². The largest absolute Gasteiger partial charge is 0.393 e. The summed E-state index contributed by atoms with van der Waals surface area (Å²) >= 11 is 0. The molecule has 12 heavy (non-hydrogen) atoms. The summed E-state index contributed by atoms with van der Waals surface area (Å²) in [5.74, 6) is 1.43. The summed E-state index contributed by atoms with van der Waals surface area (Å²) in [5.41, 5.74) is 1.43. The molecule has 0 aromatic heterocycles. The lowest BCUT2D eigenvalue weighted by Gasteiger charge is -2.12. The van der Waals surface area contributed by atoms with Gasteiger partial charge in [0.15, 0.2) is 0 Å². The molecule has 0 radical (unpaired) electrons. The van der Waals surface area contributed by atoms with Crippen molar-refractivity contribution in [3.05, 3.63) is 12.2 Å². The van der Waals surface area contributed by atoms with E-state index in [1.165, 1.54) is 37.7 Å². The highest BCUT2D eigenvalue weighted by Crippen LogP contribution is 2.42. The summed E-state index contributed by atoms with van der Waals surface area (Å²) < 4.78 is 0. The fraction of sp³-hybridized carbons (Fsp3) is 0.818. The Kier molecular flexibility index (Phi) is 2.22. The van der Waals surface area contributed by atoms with Crippen LogP contribution in [0.5, 0.6) is 0 Å². The van der Waals surface area contributed by atoms with Gasteiger partial charge >= 0.3 is 0 Å². The highest BCUT2D eigenvalue weighted by molar-refractivity contribution is 5.18. The molecule has 1 N–H and O–H groups in total. The molecule has 0 aliphatic heterocycles. The SMILES string of the molecule is C=C1C[C@H]1CC[C@H]1CCCC1O. The van der Waals surface area contributed by atoms with Crippen LogP contribution in [0.1, 0.15) is 38.5 Å². The predicted molar refractivity (Wildman–Crippen MR) is 49.8 cm³/mol. The fourth-order valence-electron chi connectivity index (χ4n) is 2.33. The standard InChI is InChI=1S/C11H18O/c1-8-7-10(8)6-5-9-3-2-4-11(9)12/h9-12H,1-7H2/t9-,10-,11?/m1/s1. The second kappa shape index (κ2) is 3.21. The minimum atomic E-state index is 0.0111. The zero-order chi connectivity index (χ0) is 8.55. The lowest BCUT2D eigenvalue weighted by molar-refractivity contribution is 0.126. The van der Waals surface area contributed by atoms with Crippen molar-refractivity contribution in [1.82, 2.24) is 0 Å². The number of hydrogen-bond donors (Lipinski definition) is 1. The van der Waals surface area contributed by atoms with Gasteiger partial charge in [0.25, 0.3) is 0 Å². The summed E-state index contributed by atoms with van der Waals surface area (Å²) in [5, 5.41) is 9.57. The van der Waals surface area contributed by atoms with Crippen LogP contribution in [0.25, 0.3) is 0 Å². The van der Waals surface area contributed by atoms with Gasteiger partial charge in [-0.05, 0) is 43.9 Å². The van der Waals surface area contributed by atoms with E-state index >= 15 is 0 Å². The Balaban J connectivity index is 1.69. The van der Waals surface area contributed by atoms with Gasteiger partial charge in [0, 0.05) is 0 Å². The van der Waals surface area contributed by atoms with Gasteiger partial charge in [0.05, 0.1) is 6.10 Å². The summed E-state index contributed by atoms with van der Waals surface area (Å²) in [6, 6.07) is 0. The summed E-state index contributed by atoms with van der Waals surface area (Å²) in [6.45, 7) is 3.95. The number of allylic oxidation sites excluding steroid dienone is 1. The second-order valence-electron chi connectivity index (χ2n) is 4.39. The van der Waals surface area contributed by atoms with E-state index in [1.54, 1.807) is 0 Å². The maximum absolute atomic E-state index is 9.57. The first-order chi connectivity index (χ1) is 5.77. The highest BCUT2D eigenvalue weighted by Gasteiger charge is 2.30. The van der Waals surface area contributed by atoms with E-state index in [0.29, 0.717) is 5.92 Å². The van der Waals surface area contributed by atoms with Crippen LogP contribution in [-0.2, 0) is 0 Å². The minimum Gasteiger partial charge on any atom is -0.393 e. The van der Waals surface area contributed by atoms with Crippen molar-refractivity contribution < 1.29 is 5.11 Å². The normalized spacial score (nSPS) is 40.4. The van der Waals surface area contributed by atoms with Gasteiger partial charge in [-0.1, -0.05) is 18.6 Å². The predicted octanol–water partition coefficient (Wildman–Crippen LogP) is 2.50. The third-order valence-corrected chi connectivity index (χ3v) is 3.43. The van der Waals surface area contributed by atoms with Crippen molar-refractivity contribution in [3.63, 3.8) is 0 Å². The molecule has 0 spiro atoms. The molecule has 3 atom stereocenters. The molecule has 1 unspecified atom stereocenters. The van der Waals surface area contributed by atoms with Gasteiger partial charge in [0.1, 0.15) is 0 Å². The molecule has 0 aromatic rings. The highest BCUT2D eigenvalue weighted by atomic mass is 16.3. The molecule has 0 aromatic carbocycles. The average molecular weight is 166 g/mol. The van der Waals surface area contributed by atoms with Crippen LogP contribution in [-0.4, -0.2) is 11.2 Å². The van der Waals surface area contributed by atoms with Gasteiger partial charge in [-0.2, -0.15) is 0 Å². The van der Waals surface area contributed by atoms with E-state index in [2.05, 4.69) is 6.58 Å². The van der Waals surface area contributed by atoms with E-state index in [0.717, 1.165) is 12.3 Å². The first kappa shape index (κ1) is 8.31. The molecular weight excluding hydrogens is 148 g/mol. The molecule has 2 saturated carbocycles. The molecule has 0 heterocycles. The molecule has 0 amide bonds. The lowest BCUT2D eigenvalue weighted by Crippen LogP contribution is -2.12. The monoisotopic (exact) mass is 166 g/mol. The lowest BCUT2D eigenvalue weighted by atomic mass is 9.98. The molecule has 2 aliphatic carbocycles. The number of aliphatic hydroxyl groups excluding tert-OH is 1. The van der Waals surface area contributed by atoms with Crippen LogP contribution >= 0.6 is 0 Å². The topological polar surface area (TPSA) is 20.2 Å². The quantitative estimate of drug-likeness (QED) is 0.639. The van der Waals surface area contributed by atoms with Crippen molar-refractivity contribution in [2.45, 2.75) is 44.6 Å². The molecule has 1 nitrogen and oxygen atoms in total. The Morgan fingerprint density at radius 1 is 1.33 bits per heavy atom. The molecule has 2 rings (SSSR count). The number of hydrogen-bond acceptors (Lipinski definition) is 1. The third-order valence-electron chi connectivity index (χ3n) is 3.43. The zero-order valence-electron chi connectivity index (χ0n) is 7.63. The van der Waals surface area contributed by atoms with Crippen LogP contribution in [0.3, 0.4) is 0 Å². The van der Waals surface area contributed by atoms with Gasteiger partial charge in [-0.25, -0.2) is 0 Å². The second-order valence-corrected chi connectivity index (χ2v) is 4.39. The molecule has 0 bridgehead atoms. The Labute approximate surface area is 74.5 Å². The molecule has 68 valence electrons. The number of aliphatic hydroxyl groups is 1. The van der Waals surface area contributed by atoms with E-state index in [4.69, 9.17) is 0 Å². The summed E-state index contributed by atoms with van der Waals surface area (Å²) in [7, 11) is 0. The van der Waals surface area contributed by atoms with Crippen LogP contribution in [0.2, 0.25) is 0 Å². The Morgan fingerprint density at radius 3 is 2.58 bits per heavy atom. The van der Waals surface area contributed by atoms with E-state index in [9.17, 15) is 5.11 Å². The molecule has 2 aliphatic rings. The van der Waals surface area contributed by atoms with Crippen LogP contribution in [0, 0.1) is 11.8 Å². The van der Waals surface area contributed by atoms with Gasteiger partial charge < -0.3 is 5.11 Å². The molecule has 0 saturated heterocycles. The Bertz CT molecular complexity index is 185. The van der Waals surface area contributed by atoms with Crippen molar-refractivity contribution in [1.29, 1.82) is 0 Å². The maximum Gasteiger partial charge on any atom is 0.0568 e. The van der Waals surface area contributed by atoms with Crippen molar-refractivity contribution in [2.24, 2.45) is 11.8 Å². The third kappa shape index (κ3) is 1.71. The van der Waals surface area contributed by atoms with E-state index in [1.807, 2.05) is 0 Å². The van der Waals surface area contributed by atoms with E-state index < -0.39 is 0 Å². The smallest absolute Gasteiger partial charge is 0.0568 e. The maximum atomic E-state index is 9.57. The van der Waals surface area contributed by atoms with Gasteiger partial charge in [0.2, 0.25) is 0 Å². The fourth-order valence-corrected chi connectivity index (χ4v) is 2.33. The first-order valence-electron chi connectivity index (χ1n) is 5.13.